The van der Waals surface area contributed by atoms with E-state index >= 15 is 0 Å². The third-order valence-electron chi connectivity index (χ3n) is 2.91. The largest absolute Gasteiger partial charge is 0.321 e. The topological polar surface area (TPSA) is 32.9 Å². The Morgan fingerprint density at radius 2 is 1.67 bits per heavy atom. The molecule has 0 unspecified atom stereocenters. The number of H-pyrrole nitrogens is 1. The molecule has 0 aliphatic rings. The van der Waals surface area contributed by atoms with Crippen LogP contribution in [-0.2, 0) is 0 Å². The third-order valence-corrected chi connectivity index (χ3v) is 3.44. The van der Waals surface area contributed by atoms with Crippen molar-refractivity contribution in [3.63, 3.8) is 0 Å². The highest BCUT2D eigenvalue weighted by Crippen LogP contribution is 2.21. The molecule has 0 amide bonds. The SMILES string of the molecule is O=c1[nH]c(-c2ccc(Br)cc2)cc2ccccc12. The van der Waals surface area contributed by atoms with Gasteiger partial charge in [-0.15, -0.1) is 0 Å². The Labute approximate surface area is 112 Å². The molecule has 2 nitrogen and oxygen atoms in total. The molecule has 0 atom stereocenters. The Balaban J connectivity index is 2.24. The Morgan fingerprint density at radius 1 is 0.944 bits per heavy atom. The van der Waals surface area contributed by atoms with Crippen LogP contribution >= 0.6 is 15.9 Å². The van der Waals surface area contributed by atoms with Crippen molar-refractivity contribution < 1.29 is 0 Å². The monoisotopic (exact) mass is 299 g/mol. The summed E-state index contributed by atoms with van der Waals surface area (Å²) in [6.45, 7) is 0. The van der Waals surface area contributed by atoms with E-state index in [1.54, 1.807) is 0 Å². The molecule has 3 rings (SSSR count). The van der Waals surface area contributed by atoms with E-state index in [4.69, 9.17) is 0 Å². The number of hydrogen-bond donors (Lipinski definition) is 1. The maximum Gasteiger partial charge on any atom is 0.256 e. The maximum absolute atomic E-state index is 12.0. The van der Waals surface area contributed by atoms with Crippen molar-refractivity contribution in [1.82, 2.24) is 4.98 Å². The molecule has 1 heterocycles. The van der Waals surface area contributed by atoms with Crippen LogP contribution in [0.15, 0.2) is 63.9 Å². The van der Waals surface area contributed by atoms with Crippen LogP contribution in [0, 0.1) is 0 Å². The first-order valence-electron chi connectivity index (χ1n) is 5.62. The van der Waals surface area contributed by atoms with Gasteiger partial charge in [-0.2, -0.15) is 0 Å². The molecule has 0 fully saturated rings. The maximum atomic E-state index is 12.0. The second-order valence-electron chi connectivity index (χ2n) is 4.11. The van der Waals surface area contributed by atoms with Gasteiger partial charge in [-0.25, -0.2) is 0 Å². The van der Waals surface area contributed by atoms with Gasteiger partial charge in [-0.3, -0.25) is 4.79 Å². The molecule has 0 spiro atoms. The fourth-order valence-corrected chi connectivity index (χ4v) is 2.26. The second-order valence-corrected chi connectivity index (χ2v) is 5.02. The van der Waals surface area contributed by atoms with Gasteiger partial charge in [0.2, 0.25) is 0 Å². The Hall–Kier alpha value is -1.87. The summed E-state index contributed by atoms with van der Waals surface area (Å²) in [6.07, 6.45) is 0. The van der Waals surface area contributed by atoms with Gasteiger partial charge in [0.15, 0.2) is 0 Å². The molecule has 0 aliphatic heterocycles. The van der Waals surface area contributed by atoms with Gasteiger partial charge >= 0.3 is 0 Å². The van der Waals surface area contributed by atoms with Crippen molar-refractivity contribution in [2.45, 2.75) is 0 Å². The van der Waals surface area contributed by atoms with Crippen LogP contribution in [-0.4, -0.2) is 4.98 Å². The molecule has 0 bridgehead atoms. The number of pyridine rings is 1. The van der Waals surface area contributed by atoms with Crippen molar-refractivity contribution in [1.29, 1.82) is 0 Å². The van der Waals surface area contributed by atoms with Gasteiger partial charge in [-0.1, -0.05) is 46.3 Å². The van der Waals surface area contributed by atoms with Crippen molar-refractivity contribution >= 4 is 26.7 Å². The number of nitrogens with one attached hydrogen (secondary N) is 1. The molecule has 0 aliphatic carbocycles. The van der Waals surface area contributed by atoms with E-state index < -0.39 is 0 Å². The quantitative estimate of drug-likeness (QED) is 0.725. The van der Waals surface area contributed by atoms with Gasteiger partial charge in [0.05, 0.1) is 0 Å². The number of aromatic nitrogens is 1. The van der Waals surface area contributed by atoms with Crippen LogP contribution < -0.4 is 5.56 Å². The minimum absolute atomic E-state index is 0.0500. The first-order chi connectivity index (χ1) is 8.74. The van der Waals surface area contributed by atoms with Gasteiger partial charge in [0, 0.05) is 15.6 Å². The lowest BCUT2D eigenvalue weighted by atomic mass is 10.1. The highest BCUT2D eigenvalue weighted by molar-refractivity contribution is 9.10. The summed E-state index contributed by atoms with van der Waals surface area (Å²) in [7, 11) is 0. The van der Waals surface area contributed by atoms with Gasteiger partial charge in [0.25, 0.3) is 5.56 Å². The van der Waals surface area contributed by atoms with E-state index in [-0.39, 0.29) is 5.56 Å². The molecule has 3 aromatic rings. The van der Waals surface area contributed by atoms with Crippen LogP contribution in [0.4, 0.5) is 0 Å². The minimum atomic E-state index is -0.0500. The molecule has 3 heteroatoms. The molecular formula is C15H10BrNO. The summed E-state index contributed by atoms with van der Waals surface area (Å²) in [4.78, 5) is 14.9. The highest BCUT2D eigenvalue weighted by Gasteiger charge is 2.03. The molecule has 1 N–H and O–H groups in total. The van der Waals surface area contributed by atoms with Crippen LogP contribution in [0.25, 0.3) is 22.0 Å². The lowest BCUT2D eigenvalue weighted by Crippen LogP contribution is -2.06. The van der Waals surface area contributed by atoms with E-state index in [1.165, 1.54) is 0 Å². The lowest BCUT2D eigenvalue weighted by Gasteiger charge is -2.04. The van der Waals surface area contributed by atoms with Crippen LogP contribution in [0.3, 0.4) is 0 Å². The first kappa shape index (κ1) is 11.2. The van der Waals surface area contributed by atoms with Crippen molar-refractivity contribution in [3.05, 3.63) is 69.4 Å². The van der Waals surface area contributed by atoms with E-state index in [0.717, 1.165) is 26.5 Å². The number of hydrogen-bond acceptors (Lipinski definition) is 1. The molecule has 1 aromatic heterocycles. The summed E-state index contributed by atoms with van der Waals surface area (Å²) in [5.74, 6) is 0. The molecule has 0 saturated heterocycles. The molecule has 0 saturated carbocycles. The zero-order chi connectivity index (χ0) is 12.5. The summed E-state index contributed by atoms with van der Waals surface area (Å²) < 4.78 is 1.02. The van der Waals surface area contributed by atoms with E-state index in [9.17, 15) is 4.79 Å². The van der Waals surface area contributed by atoms with Gasteiger partial charge in [-0.05, 0) is 35.2 Å². The smallest absolute Gasteiger partial charge is 0.256 e. The van der Waals surface area contributed by atoms with Crippen molar-refractivity contribution in [3.8, 4) is 11.3 Å². The normalized spacial score (nSPS) is 10.7. The Kier molecular flexibility index (Phi) is 2.76. The molecular weight excluding hydrogens is 290 g/mol. The zero-order valence-corrected chi connectivity index (χ0v) is 11.1. The van der Waals surface area contributed by atoms with Crippen LogP contribution in [0.2, 0.25) is 0 Å². The Bertz CT molecular complexity index is 759. The van der Waals surface area contributed by atoms with Crippen LogP contribution in [0.1, 0.15) is 0 Å². The predicted molar refractivity (Wildman–Crippen MR) is 77.7 cm³/mol. The van der Waals surface area contributed by atoms with E-state index in [1.807, 2.05) is 54.6 Å². The van der Waals surface area contributed by atoms with Crippen LogP contribution in [0.5, 0.6) is 0 Å². The zero-order valence-electron chi connectivity index (χ0n) is 9.48. The number of halogens is 1. The fourth-order valence-electron chi connectivity index (χ4n) is 2.00. The second kappa shape index (κ2) is 4.42. The fraction of sp³-hybridized carbons (Fsp3) is 0. The summed E-state index contributed by atoms with van der Waals surface area (Å²) in [5, 5.41) is 1.68. The van der Waals surface area contributed by atoms with Gasteiger partial charge in [0.1, 0.15) is 0 Å². The average Bonchev–Trinajstić information content (AvgIpc) is 2.39. The number of aromatic amines is 1. The Morgan fingerprint density at radius 3 is 2.44 bits per heavy atom. The minimum Gasteiger partial charge on any atom is -0.321 e. The number of benzene rings is 2. The van der Waals surface area contributed by atoms with E-state index in [2.05, 4.69) is 20.9 Å². The van der Waals surface area contributed by atoms with E-state index in [0.29, 0.717) is 0 Å². The molecule has 2 aromatic carbocycles. The highest BCUT2D eigenvalue weighted by atomic mass is 79.9. The summed E-state index contributed by atoms with van der Waals surface area (Å²) in [6, 6.07) is 17.5. The third kappa shape index (κ3) is 1.97. The number of rotatable bonds is 1. The molecule has 0 radical (unpaired) electrons. The van der Waals surface area contributed by atoms with Gasteiger partial charge < -0.3 is 4.98 Å². The predicted octanol–water partition coefficient (Wildman–Crippen LogP) is 3.96. The standard InChI is InChI=1S/C15H10BrNO/c16-12-7-5-10(6-8-12)14-9-11-3-1-2-4-13(11)15(18)17-14/h1-9H,(H,17,18). The first-order valence-corrected chi connectivity index (χ1v) is 6.41. The van der Waals surface area contributed by atoms with Crippen molar-refractivity contribution in [2.24, 2.45) is 0 Å². The summed E-state index contributed by atoms with van der Waals surface area (Å²) in [5.41, 5.74) is 1.79. The van der Waals surface area contributed by atoms with Crippen molar-refractivity contribution in [2.75, 3.05) is 0 Å². The average molecular weight is 300 g/mol. The summed E-state index contributed by atoms with van der Waals surface area (Å²) >= 11 is 3.40. The molecule has 88 valence electrons. The lowest BCUT2D eigenvalue weighted by molar-refractivity contribution is 1.28. The number of fused-ring (bicyclic) bond motifs is 1. The molecule has 18 heavy (non-hydrogen) atoms.